The first-order valence-electron chi connectivity index (χ1n) is 7.42. The Morgan fingerprint density at radius 3 is 2.70 bits per heavy atom. The van der Waals surface area contributed by atoms with Crippen LogP contribution in [0.25, 0.3) is 0 Å². The molecule has 110 valence electrons. The van der Waals surface area contributed by atoms with E-state index >= 15 is 0 Å². The largest absolute Gasteiger partial charge is 0.462 e. The van der Waals surface area contributed by atoms with Crippen LogP contribution in [0, 0.1) is 0 Å². The smallest absolute Gasteiger partial charge is 0.319 e. The van der Waals surface area contributed by atoms with E-state index in [1.54, 1.807) is 0 Å². The van der Waals surface area contributed by atoms with Gasteiger partial charge in [-0.3, -0.25) is 4.79 Å². The summed E-state index contributed by atoms with van der Waals surface area (Å²) in [6.45, 7) is 2.01. The van der Waals surface area contributed by atoms with Crippen LogP contribution >= 0.6 is 11.8 Å². The lowest BCUT2D eigenvalue weighted by molar-refractivity contribution is -0.149. The summed E-state index contributed by atoms with van der Waals surface area (Å²) >= 11 is 1.51. The highest BCUT2D eigenvalue weighted by Gasteiger charge is 2.24. The number of carbonyl (C=O) groups excluding carboxylic acids is 1. The molecule has 0 saturated heterocycles. The molecular formula is C16H23NO2S. The van der Waals surface area contributed by atoms with Crippen LogP contribution in [0.5, 0.6) is 0 Å². The molecule has 3 nitrogen and oxygen atoms in total. The van der Waals surface area contributed by atoms with E-state index in [1.807, 2.05) is 31.2 Å². The molecule has 4 heteroatoms. The standard InChI is InChI=1S/C16H23NO2S/c1-2-14(20-15-11-7-6-10-13(15)17)16(18)19-12-8-4-3-5-9-12/h6-7,10-12,14H,2-5,8-9,17H2,1H3. The highest BCUT2D eigenvalue weighted by molar-refractivity contribution is 8.00. The lowest BCUT2D eigenvalue weighted by atomic mass is 9.98. The van der Waals surface area contributed by atoms with Crippen molar-refractivity contribution in [2.24, 2.45) is 0 Å². The van der Waals surface area contributed by atoms with Gasteiger partial charge < -0.3 is 10.5 Å². The molecule has 1 atom stereocenters. The van der Waals surface area contributed by atoms with Gasteiger partial charge in [-0.15, -0.1) is 11.8 Å². The van der Waals surface area contributed by atoms with Crippen molar-refractivity contribution in [1.29, 1.82) is 0 Å². The van der Waals surface area contributed by atoms with Crippen LogP contribution in [0.2, 0.25) is 0 Å². The van der Waals surface area contributed by atoms with Crippen molar-refractivity contribution in [3.05, 3.63) is 24.3 Å². The first-order chi connectivity index (χ1) is 9.70. The van der Waals surface area contributed by atoms with E-state index in [2.05, 4.69) is 0 Å². The van der Waals surface area contributed by atoms with E-state index in [0.717, 1.165) is 29.8 Å². The molecule has 0 radical (unpaired) electrons. The topological polar surface area (TPSA) is 52.3 Å². The summed E-state index contributed by atoms with van der Waals surface area (Å²) in [7, 11) is 0. The number of nitrogen functional groups attached to an aromatic ring is 1. The maximum Gasteiger partial charge on any atom is 0.319 e. The summed E-state index contributed by atoms with van der Waals surface area (Å²) < 4.78 is 5.66. The number of hydrogen-bond acceptors (Lipinski definition) is 4. The molecule has 1 aromatic rings. The summed E-state index contributed by atoms with van der Waals surface area (Å²) in [5.74, 6) is -0.0901. The highest BCUT2D eigenvalue weighted by Crippen LogP contribution is 2.31. The van der Waals surface area contributed by atoms with Gasteiger partial charge in [-0.05, 0) is 44.2 Å². The Kier molecular flexibility index (Phi) is 5.77. The molecule has 1 aliphatic carbocycles. The molecule has 0 heterocycles. The second-order valence-corrected chi connectivity index (χ2v) is 6.49. The van der Waals surface area contributed by atoms with Gasteiger partial charge in [-0.25, -0.2) is 0 Å². The number of rotatable bonds is 5. The second-order valence-electron chi connectivity index (χ2n) is 5.25. The lowest BCUT2D eigenvalue weighted by Crippen LogP contribution is -2.27. The molecule has 2 N–H and O–H groups in total. The second kappa shape index (κ2) is 7.58. The Bertz CT molecular complexity index is 444. The van der Waals surface area contributed by atoms with Gasteiger partial charge in [0.15, 0.2) is 0 Å². The summed E-state index contributed by atoms with van der Waals surface area (Å²) in [5, 5.41) is -0.165. The molecule has 1 unspecified atom stereocenters. The predicted octanol–water partition coefficient (Wildman–Crippen LogP) is 4.02. The first-order valence-corrected chi connectivity index (χ1v) is 8.30. The summed E-state index contributed by atoms with van der Waals surface area (Å²) in [5.41, 5.74) is 6.66. The van der Waals surface area contributed by atoms with Gasteiger partial charge in [0.25, 0.3) is 0 Å². The van der Waals surface area contributed by atoms with Crippen molar-refractivity contribution in [3.63, 3.8) is 0 Å². The molecule has 20 heavy (non-hydrogen) atoms. The maximum absolute atomic E-state index is 12.3. The van der Waals surface area contributed by atoms with E-state index in [-0.39, 0.29) is 17.3 Å². The molecular weight excluding hydrogens is 270 g/mol. The van der Waals surface area contributed by atoms with E-state index in [4.69, 9.17) is 10.5 Å². The van der Waals surface area contributed by atoms with Gasteiger partial charge >= 0.3 is 5.97 Å². The van der Waals surface area contributed by atoms with Gasteiger partial charge in [0.1, 0.15) is 11.4 Å². The first kappa shape index (κ1) is 15.2. The Labute approximate surface area is 125 Å². The van der Waals surface area contributed by atoms with Gasteiger partial charge in [0, 0.05) is 10.6 Å². The molecule has 1 fully saturated rings. The average Bonchev–Trinajstić information content (AvgIpc) is 2.47. The minimum absolute atomic E-state index is 0.0901. The number of para-hydroxylation sites is 1. The van der Waals surface area contributed by atoms with Gasteiger partial charge in [0.2, 0.25) is 0 Å². The quantitative estimate of drug-likeness (QED) is 0.506. The Hall–Kier alpha value is -1.16. The van der Waals surface area contributed by atoms with Crippen molar-refractivity contribution in [2.45, 2.75) is 61.7 Å². The van der Waals surface area contributed by atoms with E-state index in [9.17, 15) is 4.79 Å². The zero-order chi connectivity index (χ0) is 14.4. The van der Waals surface area contributed by atoms with Crippen LogP contribution in [-0.4, -0.2) is 17.3 Å². The third-order valence-electron chi connectivity index (χ3n) is 3.66. The van der Waals surface area contributed by atoms with Crippen molar-refractivity contribution in [1.82, 2.24) is 0 Å². The third-order valence-corrected chi connectivity index (χ3v) is 5.09. The third kappa shape index (κ3) is 4.17. The zero-order valence-electron chi connectivity index (χ0n) is 12.0. The van der Waals surface area contributed by atoms with Crippen LogP contribution in [0.3, 0.4) is 0 Å². The fourth-order valence-electron chi connectivity index (χ4n) is 2.46. The van der Waals surface area contributed by atoms with Crippen molar-refractivity contribution in [3.8, 4) is 0 Å². The number of thioether (sulfide) groups is 1. The predicted molar refractivity (Wildman–Crippen MR) is 83.8 cm³/mol. The van der Waals surface area contributed by atoms with Crippen LogP contribution in [0.1, 0.15) is 45.4 Å². The number of nitrogens with two attached hydrogens (primary N) is 1. The average molecular weight is 293 g/mol. The molecule has 0 aliphatic heterocycles. The van der Waals surface area contributed by atoms with Crippen LogP contribution in [0.15, 0.2) is 29.2 Å². The normalized spacial score (nSPS) is 17.6. The Balaban J connectivity index is 1.93. The molecule has 1 aliphatic rings. The maximum atomic E-state index is 12.3. The van der Waals surface area contributed by atoms with Crippen molar-refractivity contribution >= 4 is 23.4 Å². The molecule has 0 aromatic heterocycles. The van der Waals surface area contributed by atoms with Crippen LogP contribution in [0.4, 0.5) is 5.69 Å². The molecule has 0 spiro atoms. The van der Waals surface area contributed by atoms with Gasteiger partial charge in [-0.2, -0.15) is 0 Å². The number of esters is 1. The van der Waals surface area contributed by atoms with Crippen LogP contribution in [-0.2, 0) is 9.53 Å². The molecule has 0 amide bonds. The summed E-state index contributed by atoms with van der Waals surface area (Å²) in [4.78, 5) is 13.2. The Morgan fingerprint density at radius 2 is 2.05 bits per heavy atom. The fraction of sp³-hybridized carbons (Fsp3) is 0.562. The molecule has 1 saturated carbocycles. The number of benzene rings is 1. The summed E-state index contributed by atoms with van der Waals surface area (Å²) in [6.07, 6.45) is 6.52. The monoisotopic (exact) mass is 293 g/mol. The van der Waals surface area contributed by atoms with E-state index < -0.39 is 0 Å². The number of ether oxygens (including phenoxy) is 1. The Morgan fingerprint density at radius 1 is 1.35 bits per heavy atom. The fourth-order valence-corrected chi connectivity index (χ4v) is 3.45. The van der Waals surface area contributed by atoms with Crippen LogP contribution < -0.4 is 5.73 Å². The van der Waals surface area contributed by atoms with Gasteiger partial charge in [-0.1, -0.05) is 25.5 Å². The minimum Gasteiger partial charge on any atom is -0.462 e. The zero-order valence-corrected chi connectivity index (χ0v) is 12.8. The number of anilines is 1. The molecule has 0 bridgehead atoms. The van der Waals surface area contributed by atoms with Gasteiger partial charge in [0.05, 0.1) is 0 Å². The number of carbonyl (C=O) groups is 1. The van der Waals surface area contributed by atoms with E-state index in [0.29, 0.717) is 0 Å². The molecule has 2 rings (SSSR count). The molecule has 1 aromatic carbocycles. The summed E-state index contributed by atoms with van der Waals surface area (Å²) in [6, 6.07) is 7.66. The minimum atomic E-state index is -0.165. The SMILES string of the molecule is CCC(Sc1ccccc1N)C(=O)OC1CCCCC1. The number of hydrogen-bond donors (Lipinski definition) is 1. The highest BCUT2D eigenvalue weighted by atomic mass is 32.2. The lowest BCUT2D eigenvalue weighted by Gasteiger charge is -2.24. The van der Waals surface area contributed by atoms with Crippen molar-refractivity contribution < 1.29 is 9.53 Å². The van der Waals surface area contributed by atoms with Crippen molar-refractivity contribution in [2.75, 3.05) is 5.73 Å². The van der Waals surface area contributed by atoms with E-state index in [1.165, 1.54) is 31.0 Å².